The van der Waals surface area contributed by atoms with Crippen molar-refractivity contribution in [2.75, 3.05) is 11.4 Å². The Morgan fingerprint density at radius 1 is 1.16 bits per heavy atom. The van der Waals surface area contributed by atoms with Gasteiger partial charge in [0.2, 0.25) is 5.91 Å². The minimum absolute atomic E-state index is 0.0604. The highest BCUT2D eigenvalue weighted by Gasteiger charge is 2.21. The summed E-state index contributed by atoms with van der Waals surface area (Å²) >= 11 is 0. The maximum atomic E-state index is 12.1. The summed E-state index contributed by atoms with van der Waals surface area (Å²) in [6, 6.07) is 17.3. The zero-order valence-electron chi connectivity index (χ0n) is 14.4. The van der Waals surface area contributed by atoms with Crippen molar-refractivity contribution in [1.82, 2.24) is 10.6 Å². The number of urea groups is 1. The molecular formula is C20H23N3O2. The van der Waals surface area contributed by atoms with Crippen molar-refractivity contribution in [3.8, 4) is 0 Å². The molecule has 1 saturated heterocycles. The van der Waals surface area contributed by atoms with E-state index < -0.39 is 0 Å². The lowest BCUT2D eigenvalue weighted by atomic mass is 10.1. The monoisotopic (exact) mass is 337 g/mol. The molecule has 5 heteroatoms. The largest absolute Gasteiger partial charge is 0.334 e. The second-order valence-corrected chi connectivity index (χ2v) is 6.28. The lowest BCUT2D eigenvalue weighted by molar-refractivity contribution is -0.117. The zero-order chi connectivity index (χ0) is 17.6. The highest BCUT2D eigenvalue weighted by molar-refractivity contribution is 5.95. The molecule has 3 amide bonds. The minimum Gasteiger partial charge on any atom is -0.334 e. The molecule has 3 rings (SSSR count). The third kappa shape index (κ3) is 4.38. The lowest BCUT2D eigenvalue weighted by Crippen LogP contribution is -2.36. The van der Waals surface area contributed by atoms with Crippen molar-refractivity contribution in [3.05, 3.63) is 65.7 Å². The van der Waals surface area contributed by atoms with E-state index in [1.165, 1.54) is 0 Å². The fourth-order valence-corrected chi connectivity index (χ4v) is 3.01. The van der Waals surface area contributed by atoms with Gasteiger partial charge in [0, 0.05) is 25.2 Å². The number of nitrogens with zero attached hydrogens (tertiary/aromatic N) is 1. The smallest absolute Gasteiger partial charge is 0.315 e. The molecule has 1 heterocycles. The molecule has 0 bridgehead atoms. The summed E-state index contributed by atoms with van der Waals surface area (Å²) in [7, 11) is 0. The van der Waals surface area contributed by atoms with Gasteiger partial charge in [-0.2, -0.15) is 0 Å². The Bertz CT molecular complexity index is 746. The van der Waals surface area contributed by atoms with E-state index in [4.69, 9.17) is 0 Å². The van der Waals surface area contributed by atoms with Crippen LogP contribution in [0.4, 0.5) is 10.5 Å². The van der Waals surface area contributed by atoms with E-state index in [0.717, 1.165) is 29.8 Å². The van der Waals surface area contributed by atoms with E-state index in [1.807, 2.05) is 61.5 Å². The van der Waals surface area contributed by atoms with Crippen LogP contribution in [0.2, 0.25) is 0 Å². The third-order valence-electron chi connectivity index (χ3n) is 4.40. The van der Waals surface area contributed by atoms with Crippen LogP contribution in [0.15, 0.2) is 54.6 Å². The fourth-order valence-electron chi connectivity index (χ4n) is 3.01. The Labute approximate surface area is 148 Å². The normalized spacial score (nSPS) is 15.1. The summed E-state index contributed by atoms with van der Waals surface area (Å²) < 4.78 is 0. The van der Waals surface area contributed by atoms with E-state index >= 15 is 0 Å². The number of hydrogen-bond acceptors (Lipinski definition) is 2. The first-order valence-electron chi connectivity index (χ1n) is 8.62. The van der Waals surface area contributed by atoms with Gasteiger partial charge < -0.3 is 15.5 Å². The molecule has 0 saturated carbocycles. The molecule has 1 fully saturated rings. The number of carbonyl (C=O) groups is 2. The molecule has 1 aliphatic rings. The second kappa shape index (κ2) is 7.83. The molecule has 0 radical (unpaired) electrons. The van der Waals surface area contributed by atoms with Gasteiger partial charge in [-0.25, -0.2) is 4.79 Å². The third-order valence-corrected chi connectivity index (χ3v) is 4.40. The molecule has 0 spiro atoms. The molecule has 1 atom stereocenters. The molecule has 130 valence electrons. The topological polar surface area (TPSA) is 61.4 Å². The van der Waals surface area contributed by atoms with Gasteiger partial charge in [-0.15, -0.1) is 0 Å². The van der Waals surface area contributed by atoms with Crippen LogP contribution in [0.3, 0.4) is 0 Å². The number of anilines is 1. The van der Waals surface area contributed by atoms with Gasteiger partial charge in [0.1, 0.15) is 0 Å². The Kier molecular flexibility index (Phi) is 5.33. The standard InChI is InChI=1S/C20H23N3O2/c1-15(17-8-3-2-4-9-17)22-20(25)21-14-16-7-5-10-18(13-16)23-12-6-11-19(23)24/h2-5,7-10,13,15H,6,11-12,14H2,1H3,(H2,21,22,25)/t15-/m0/s1. The number of benzene rings is 2. The zero-order valence-corrected chi connectivity index (χ0v) is 14.4. The molecule has 2 aromatic carbocycles. The number of carbonyl (C=O) groups excluding carboxylic acids is 2. The van der Waals surface area contributed by atoms with Crippen LogP contribution < -0.4 is 15.5 Å². The first-order valence-corrected chi connectivity index (χ1v) is 8.62. The van der Waals surface area contributed by atoms with Crippen LogP contribution >= 0.6 is 0 Å². The second-order valence-electron chi connectivity index (χ2n) is 6.28. The first kappa shape index (κ1) is 17.0. The van der Waals surface area contributed by atoms with Crippen LogP contribution in [0.25, 0.3) is 0 Å². The van der Waals surface area contributed by atoms with Crippen molar-refractivity contribution < 1.29 is 9.59 Å². The summed E-state index contributed by atoms with van der Waals surface area (Å²) in [4.78, 5) is 25.8. The predicted molar refractivity (Wildman–Crippen MR) is 98.3 cm³/mol. The summed E-state index contributed by atoms with van der Waals surface area (Å²) in [6.07, 6.45) is 1.52. The molecule has 0 unspecified atom stereocenters. The SMILES string of the molecule is C[C@H](NC(=O)NCc1cccc(N2CCCC2=O)c1)c1ccccc1. The molecule has 2 aromatic rings. The van der Waals surface area contributed by atoms with Gasteiger partial charge in [0.25, 0.3) is 0 Å². The highest BCUT2D eigenvalue weighted by Crippen LogP contribution is 2.22. The predicted octanol–water partition coefficient (Wildman–Crippen LogP) is 3.37. The van der Waals surface area contributed by atoms with Crippen LogP contribution in [0.5, 0.6) is 0 Å². The minimum atomic E-state index is -0.209. The van der Waals surface area contributed by atoms with E-state index in [2.05, 4.69) is 10.6 Å². The van der Waals surface area contributed by atoms with Gasteiger partial charge in [0.15, 0.2) is 0 Å². The van der Waals surface area contributed by atoms with Gasteiger partial charge in [0.05, 0.1) is 6.04 Å². The van der Waals surface area contributed by atoms with E-state index in [1.54, 1.807) is 4.90 Å². The fraction of sp³-hybridized carbons (Fsp3) is 0.300. The van der Waals surface area contributed by atoms with Crippen LogP contribution in [-0.4, -0.2) is 18.5 Å². The van der Waals surface area contributed by atoms with E-state index in [-0.39, 0.29) is 18.0 Å². The molecule has 0 aliphatic carbocycles. The van der Waals surface area contributed by atoms with E-state index in [9.17, 15) is 9.59 Å². The van der Waals surface area contributed by atoms with Crippen LogP contribution in [-0.2, 0) is 11.3 Å². The maximum Gasteiger partial charge on any atom is 0.315 e. The van der Waals surface area contributed by atoms with Gasteiger partial charge in [-0.05, 0) is 36.6 Å². The van der Waals surface area contributed by atoms with Gasteiger partial charge >= 0.3 is 6.03 Å². The Morgan fingerprint density at radius 2 is 1.96 bits per heavy atom. The van der Waals surface area contributed by atoms with Crippen LogP contribution in [0, 0.1) is 0 Å². The van der Waals surface area contributed by atoms with Crippen molar-refractivity contribution >= 4 is 17.6 Å². The summed E-state index contributed by atoms with van der Waals surface area (Å²) in [5.74, 6) is 0.166. The molecule has 2 N–H and O–H groups in total. The number of amides is 3. The van der Waals surface area contributed by atoms with Crippen molar-refractivity contribution in [2.45, 2.75) is 32.4 Å². The average molecular weight is 337 g/mol. The molecule has 0 aromatic heterocycles. The van der Waals surface area contributed by atoms with Gasteiger partial charge in [-0.3, -0.25) is 4.79 Å². The Balaban J connectivity index is 1.54. The molecular weight excluding hydrogens is 314 g/mol. The van der Waals surface area contributed by atoms with Crippen molar-refractivity contribution in [1.29, 1.82) is 0 Å². The summed E-state index contributed by atoms with van der Waals surface area (Å²) in [6.45, 7) is 3.14. The highest BCUT2D eigenvalue weighted by atomic mass is 16.2. The quantitative estimate of drug-likeness (QED) is 0.879. The Hall–Kier alpha value is -2.82. The summed E-state index contributed by atoms with van der Waals surface area (Å²) in [5.41, 5.74) is 2.94. The van der Waals surface area contributed by atoms with Gasteiger partial charge in [-0.1, -0.05) is 42.5 Å². The lowest BCUT2D eigenvalue weighted by Gasteiger charge is -2.17. The summed E-state index contributed by atoms with van der Waals surface area (Å²) in [5, 5.41) is 5.80. The first-order chi connectivity index (χ1) is 12.1. The number of rotatable bonds is 5. The van der Waals surface area contributed by atoms with Crippen molar-refractivity contribution in [3.63, 3.8) is 0 Å². The molecule has 5 nitrogen and oxygen atoms in total. The van der Waals surface area contributed by atoms with Crippen LogP contribution in [0.1, 0.15) is 36.9 Å². The van der Waals surface area contributed by atoms with Crippen molar-refractivity contribution in [2.24, 2.45) is 0 Å². The number of hydrogen-bond donors (Lipinski definition) is 2. The maximum absolute atomic E-state index is 12.1. The molecule has 1 aliphatic heterocycles. The van der Waals surface area contributed by atoms with E-state index in [0.29, 0.717) is 13.0 Å². The Morgan fingerprint density at radius 3 is 2.68 bits per heavy atom. The molecule has 25 heavy (non-hydrogen) atoms. The average Bonchev–Trinajstić information content (AvgIpc) is 3.07. The number of nitrogens with one attached hydrogen (secondary N) is 2.